The van der Waals surface area contributed by atoms with Gasteiger partial charge in [0.05, 0.1) is 6.61 Å². The van der Waals surface area contributed by atoms with Crippen molar-refractivity contribution in [1.82, 2.24) is 5.32 Å². The highest BCUT2D eigenvalue weighted by Gasteiger charge is 2.36. The lowest BCUT2D eigenvalue weighted by molar-refractivity contribution is -0.146. The summed E-state index contributed by atoms with van der Waals surface area (Å²) in [5, 5.41) is 11.2. The molecule has 94 valence electrons. The molecule has 6 nitrogen and oxygen atoms in total. The van der Waals surface area contributed by atoms with Gasteiger partial charge in [0.15, 0.2) is 5.54 Å². The van der Waals surface area contributed by atoms with E-state index in [1.807, 2.05) is 0 Å². The van der Waals surface area contributed by atoms with Crippen LogP contribution in [0.3, 0.4) is 0 Å². The van der Waals surface area contributed by atoms with E-state index in [2.05, 4.69) is 5.32 Å². The summed E-state index contributed by atoms with van der Waals surface area (Å²) in [6, 6.07) is 0. The maximum Gasteiger partial charge on any atom is 0.408 e. The zero-order valence-electron chi connectivity index (χ0n) is 10.3. The van der Waals surface area contributed by atoms with Crippen molar-refractivity contribution in [3.63, 3.8) is 0 Å². The molecular formula is C10H19NO5. The van der Waals surface area contributed by atoms with Crippen molar-refractivity contribution in [2.75, 3.05) is 13.7 Å². The second-order valence-electron chi connectivity index (χ2n) is 4.70. The third-order valence-electron chi connectivity index (χ3n) is 1.68. The topological polar surface area (TPSA) is 84.9 Å². The summed E-state index contributed by atoms with van der Waals surface area (Å²) in [5.41, 5.74) is -2.16. The van der Waals surface area contributed by atoms with Gasteiger partial charge in [0.1, 0.15) is 5.60 Å². The minimum atomic E-state index is -1.49. The number of hydrogen-bond acceptors (Lipinski definition) is 4. The largest absolute Gasteiger partial charge is 0.479 e. The highest BCUT2D eigenvalue weighted by atomic mass is 16.6. The van der Waals surface area contributed by atoms with E-state index in [1.54, 1.807) is 20.8 Å². The van der Waals surface area contributed by atoms with Gasteiger partial charge < -0.3 is 19.9 Å². The van der Waals surface area contributed by atoms with E-state index < -0.39 is 23.2 Å². The van der Waals surface area contributed by atoms with Crippen LogP contribution in [0.15, 0.2) is 0 Å². The molecule has 0 heterocycles. The SMILES string of the molecule is COCC(C)(NC(=O)OC(C)(C)C)C(=O)O. The zero-order chi connectivity index (χ0) is 13.0. The Kier molecular flexibility index (Phi) is 4.74. The number of amides is 1. The Morgan fingerprint density at radius 2 is 1.75 bits per heavy atom. The molecule has 2 N–H and O–H groups in total. The van der Waals surface area contributed by atoms with Gasteiger partial charge >= 0.3 is 12.1 Å². The standard InChI is InChI=1S/C10H19NO5/c1-9(2,3)16-8(14)11-10(4,6-15-5)7(12)13/h6H2,1-5H3,(H,11,14)(H,12,13). The Morgan fingerprint density at radius 3 is 2.06 bits per heavy atom. The highest BCUT2D eigenvalue weighted by molar-refractivity contribution is 5.84. The van der Waals surface area contributed by atoms with Gasteiger partial charge in [0.2, 0.25) is 0 Å². The Hall–Kier alpha value is -1.30. The predicted molar refractivity (Wildman–Crippen MR) is 57.3 cm³/mol. The van der Waals surface area contributed by atoms with Crippen LogP contribution in [-0.4, -0.2) is 42.0 Å². The van der Waals surface area contributed by atoms with E-state index in [1.165, 1.54) is 14.0 Å². The maximum atomic E-state index is 11.4. The number of alkyl carbamates (subject to hydrolysis) is 1. The van der Waals surface area contributed by atoms with Gasteiger partial charge in [-0.2, -0.15) is 0 Å². The van der Waals surface area contributed by atoms with Crippen molar-refractivity contribution in [2.24, 2.45) is 0 Å². The van der Waals surface area contributed by atoms with Gasteiger partial charge in [0.25, 0.3) is 0 Å². The quantitative estimate of drug-likeness (QED) is 0.756. The van der Waals surface area contributed by atoms with Crippen LogP contribution in [0.2, 0.25) is 0 Å². The van der Waals surface area contributed by atoms with E-state index in [9.17, 15) is 9.59 Å². The van der Waals surface area contributed by atoms with Gasteiger partial charge in [-0.15, -0.1) is 0 Å². The molecule has 1 atom stereocenters. The normalized spacial score (nSPS) is 15.1. The highest BCUT2D eigenvalue weighted by Crippen LogP contribution is 2.10. The predicted octanol–water partition coefficient (Wildman–Crippen LogP) is 1.00. The summed E-state index contributed by atoms with van der Waals surface area (Å²) in [5.74, 6) is -1.18. The molecule has 0 rings (SSSR count). The van der Waals surface area contributed by atoms with E-state index >= 15 is 0 Å². The van der Waals surface area contributed by atoms with Crippen LogP contribution >= 0.6 is 0 Å². The van der Waals surface area contributed by atoms with Crippen LogP contribution in [0.4, 0.5) is 4.79 Å². The van der Waals surface area contributed by atoms with Gasteiger partial charge in [-0.25, -0.2) is 9.59 Å². The number of hydrogen-bond donors (Lipinski definition) is 2. The number of rotatable bonds is 4. The Balaban J connectivity index is 4.53. The second kappa shape index (κ2) is 5.16. The molecule has 0 radical (unpaired) electrons. The minimum Gasteiger partial charge on any atom is -0.479 e. The van der Waals surface area contributed by atoms with Crippen LogP contribution in [-0.2, 0) is 14.3 Å². The average Bonchev–Trinajstić information content (AvgIpc) is 1.99. The van der Waals surface area contributed by atoms with E-state index in [0.29, 0.717) is 0 Å². The fourth-order valence-electron chi connectivity index (χ4n) is 0.969. The van der Waals surface area contributed by atoms with Gasteiger partial charge in [-0.1, -0.05) is 0 Å². The first-order chi connectivity index (χ1) is 7.10. The lowest BCUT2D eigenvalue weighted by Crippen LogP contribution is -2.56. The Labute approximate surface area is 94.9 Å². The van der Waals surface area contributed by atoms with Crippen molar-refractivity contribution < 1.29 is 24.2 Å². The summed E-state index contributed by atoms with van der Waals surface area (Å²) in [4.78, 5) is 22.4. The van der Waals surface area contributed by atoms with Crippen LogP contribution in [0.5, 0.6) is 0 Å². The molecule has 1 amide bonds. The second-order valence-corrected chi connectivity index (χ2v) is 4.70. The summed E-state index contributed by atoms with van der Waals surface area (Å²) in [6.45, 7) is 6.30. The van der Waals surface area contributed by atoms with Crippen LogP contribution in [0.1, 0.15) is 27.7 Å². The molecule has 0 aliphatic carbocycles. The number of carboxylic acids is 1. The third kappa shape index (κ3) is 4.97. The van der Waals surface area contributed by atoms with Gasteiger partial charge in [-0.05, 0) is 27.7 Å². The lowest BCUT2D eigenvalue weighted by atomic mass is 10.1. The number of aliphatic carboxylic acids is 1. The summed E-state index contributed by atoms with van der Waals surface area (Å²) < 4.78 is 9.71. The Morgan fingerprint density at radius 1 is 1.25 bits per heavy atom. The number of methoxy groups -OCH3 is 1. The minimum absolute atomic E-state index is 0.137. The number of carbonyl (C=O) groups excluding carboxylic acids is 1. The molecule has 0 saturated carbocycles. The molecule has 0 spiro atoms. The first kappa shape index (κ1) is 14.7. The van der Waals surface area contributed by atoms with Crippen LogP contribution in [0, 0.1) is 0 Å². The molecule has 6 heteroatoms. The first-order valence-electron chi connectivity index (χ1n) is 4.84. The lowest BCUT2D eigenvalue weighted by Gasteiger charge is -2.27. The van der Waals surface area contributed by atoms with Gasteiger partial charge in [-0.3, -0.25) is 0 Å². The summed E-state index contributed by atoms with van der Waals surface area (Å²) >= 11 is 0. The van der Waals surface area contributed by atoms with Crippen LogP contribution in [0.25, 0.3) is 0 Å². The van der Waals surface area contributed by atoms with Gasteiger partial charge in [0, 0.05) is 7.11 Å². The number of carboxylic acid groups (broad SMARTS) is 1. The molecular weight excluding hydrogens is 214 g/mol. The molecule has 16 heavy (non-hydrogen) atoms. The first-order valence-corrected chi connectivity index (χ1v) is 4.84. The zero-order valence-corrected chi connectivity index (χ0v) is 10.3. The molecule has 1 unspecified atom stereocenters. The fourth-order valence-corrected chi connectivity index (χ4v) is 0.969. The summed E-state index contributed by atoms with van der Waals surface area (Å²) in [6.07, 6.45) is -0.783. The molecule has 0 aromatic rings. The van der Waals surface area contributed by atoms with Crippen molar-refractivity contribution in [3.05, 3.63) is 0 Å². The molecule has 0 bridgehead atoms. The molecule has 0 aliphatic rings. The van der Waals surface area contributed by atoms with Crippen LogP contribution < -0.4 is 5.32 Å². The van der Waals surface area contributed by atoms with Crippen molar-refractivity contribution in [2.45, 2.75) is 38.8 Å². The maximum absolute atomic E-state index is 11.4. The van der Waals surface area contributed by atoms with Crippen molar-refractivity contribution in [1.29, 1.82) is 0 Å². The molecule has 0 fully saturated rings. The van der Waals surface area contributed by atoms with E-state index in [0.717, 1.165) is 0 Å². The van der Waals surface area contributed by atoms with E-state index in [4.69, 9.17) is 14.6 Å². The molecule has 0 aromatic heterocycles. The molecule has 0 aliphatic heterocycles. The average molecular weight is 233 g/mol. The molecule has 0 aromatic carbocycles. The number of ether oxygens (including phenoxy) is 2. The monoisotopic (exact) mass is 233 g/mol. The van der Waals surface area contributed by atoms with E-state index in [-0.39, 0.29) is 6.61 Å². The van der Waals surface area contributed by atoms with Crippen molar-refractivity contribution in [3.8, 4) is 0 Å². The molecule has 0 saturated heterocycles. The Bertz CT molecular complexity index is 271. The number of nitrogens with one attached hydrogen (secondary N) is 1. The smallest absolute Gasteiger partial charge is 0.408 e. The summed E-state index contributed by atoms with van der Waals surface area (Å²) in [7, 11) is 1.36. The van der Waals surface area contributed by atoms with Crippen molar-refractivity contribution >= 4 is 12.1 Å². The fraction of sp³-hybridized carbons (Fsp3) is 0.800. The number of carbonyl (C=O) groups is 2. The third-order valence-corrected chi connectivity index (χ3v) is 1.68.